The van der Waals surface area contributed by atoms with Crippen LogP contribution >= 0.6 is 0 Å². The van der Waals surface area contributed by atoms with Gasteiger partial charge in [-0.2, -0.15) is 0 Å². The number of hydrogen-bond donors (Lipinski definition) is 1. The molecule has 1 N–H and O–H groups in total. The van der Waals surface area contributed by atoms with E-state index < -0.39 is 6.10 Å². The van der Waals surface area contributed by atoms with Crippen molar-refractivity contribution < 1.29 is 19.4 Å². The molecule has 0 fully saturated rings. The van der Waals surface area contributed by atoms with Gasteiger partial charge in [-0.05, 0) is 89.9 Å². The van der Waals surface area contributed by atoms with Crippen molar-refractivity contribution in [2.45, 2.75) is 148 Å². The van der Waals surface area contributed by atoms with E-state index in [1.807, 2.05) is 0 Å². The van der Waals surface area contributed by atoms with E-state index in [9.17, 15) is 9.90 Å². The van der Waals surface area contributed by atoms with Crippen molar-refractivity contribution in [3.05, 3.63) is 97.2 Å². The summed E-state index contributed by atoms with van der Waals surface area (Å²) in [4.78, 5) is 12.1. The van der Waals surface area contributed by atoms with Gasteiger partial charge in [0.25, 0.3) is 0 Å². The standard InChI is InChI=1S/C43H70O4/c1-3-5-7-9-11-13-15-17-19-20-21-22-23-25-27-29-31-33-35-37-39-46-41-42(40-44)47-43(45)38-36-34-32-30-28-26-24-18-16-14-12-10-8-6-4-2/h5-8,11-14,17-19,21-22,24-25,27,42,44H,3-4,9-10,15-16,20,23,26,28-41H2,1-2H3/b7-5-,8-6-,13-11-,14-12-,19-17-,22-21-,24-18-,27-25-. The van der Waals surface area contributed by atoms with Crippen LogP contribution in [-0.2, 0) is 14.3 Å². The molecule has 1 unspecified atom stereocenters. The molecule has 4 heteroatoms. The molecule has 0 aromatic heterocycles. The van der Waals surface area contributed by atoms with Crippen LogP contribution in [0.5, 0.6) is 0 Å². The Balaban J connectivity index is 3.58. The highest BCUT2D eigenvalue weighted by molar-refractivity contribution is 5.69. The van der Waals surface area contributed by atoms with Crippen molar-refractivity contribution in [3.63, 3.8) is 0 Å². The maximum Gasteiger partial charge on any atom is 0.306 e. The zero-order chi connectivity index (χ0) is 34.1. The SMILES string of the molecule is CC/C=C\C/C=C\C/C=C\C/C=C\C/C=C\CCCCCCOCC(CO)OC(=O)CCCCCCC/C=C\C/C=C\C/C=C\CC. The maximum absolute atomic E-state index is 12.1. The summed E-state index contributed by atoms with van der Waals surface area (Å²) in [6, 6.07) is 0. The summed E-state index contributed by atoms with van der Waals surface area (Å²) in [6.45, 7) is 5.02. The van der Waals surface area contributed by atoms with Gasteiger partial charge < -0.3 is 14.6 Å². The lowest BCUT2D eigenvalue weighted by Gasteiger charge is -2.15. The fourth-order valence-corrected chi connectivity index (χ4v) is 4.66. The lowest BCUT2D eigenvalue weighted by atomic mass is 10.1. The smallest absolute Gasteiger partial charge is 0.306 e. The van der Waals surface area contributed by atoms with Crippen LogP contribution in [0.2, 0.25) is 0 Å². The quantitative estimate of drug-likeness (QED) is 0.0436. The Labute approximate surface area is 290 Å². The lowest BCUT2D eigenvalue weighted by Crippen LogP contribution is -2.27. The van der Waals surface area contributed by atoms with Crippen LogP contribution in [0.1, 0.15) is 142 Å². The van der Waals surface area contributed by atoms with Gasteiger partial charge in [-0.15, -0.1) is 0 Å². The number of carbonyl (C=O) groups is 1. The minimum absolute atomic E-state index is 0.196. The summed E-state index contributed by atoms with van der Waals surface area (Å²) in [5.41, 5.74) is 0. The molecule has 0 rings (SSSR count). The Kier molecular flexibility index (Phi) is 37.2. The maximum atomic E-state index is 12.1. The molecule has 0 aromatic rings. The second-order valence-electron chi connectivity index (χ2n) is 11.9. The minimum atomic E-state index is -0.563. The summed E-state index contributed by atoms with van der Waals surface area (Å²) < 4.78 is 11.1. The van der Waals surface area contributed by atoms with Crippen LogP contribution in [0.4, 0.5) is 0 Å². The zero-order valence-corrected chi connectivity index (χ0v) is 30.3. The normalized spacial score (nSPS) is 13.5. The number of aliphatic hydroxyl groups excluding tert-OH is 1. The fourth-order valence-electron chi connectivity index (χ4n) is 4.66. The van der Waals surface area contributed by atoms with Crippen LogP contribution in [0.15, 0.2) is 97.2 Å². The Hall–Kier alpha value is -2.69. The first kappa shape index (κ1) is 44.3. The average Bonchev–Trinajstić information content (AvgIpc) is 3.08. The second kappa shape index (κ2) is 39.5. The van der Waals surface area contributed by atoms with Crippen molar-refractivity contribution in [1.82, 2.24) is 0 Å². The van der Waals surface area contributed by atoms with Crippen LogP contribution in [0, 0.1) is 0 Å². The van der Waals surface area contributed by atoms with E-state index in [1.165, 1.54) is 25.7 Å². The first-order valence-corrected chi connectivity index (χ1v) is 18.8. The van der Waals surface area contributed by atoms with E-state index in [2.05, 4.69) is 111 Å². The van der Waals surface area contributed by atoms with Crippen molar-refractivity contribution >= 4 is 5.97 Å². The Morgan fingerprint density at radius 3 is 1.34 bits per heavy atom. The molecule has 0 aromatic carbocycles. The number of unbranched alkanes of at least 4 members (excludes halogenated alkanes) is 9. The topological polar surface area (TPSA) is 55.8 Å². The molecule has 1 atom stereocenters. The highest BCUT2D eigenvalue weighted by Gasteiger charge is 2.13. The van der Waals surface area contributed by atoms with Crippen molar-refractivity contribution in [2.75, 3.05) is 19.8 Å². The highest BCUT2D eigenvalue weighted by atomic mass is 16.6. The molecule has 0 bridgehead atoms. The van der Waals surface area contributed by atoms with E-state index in [1.54, 1.807) is 0 Å². The third kappa shape index (κ3) is 37.6. The van der Waals surface area contributed by atoms with Gasteiger partial charge >= 0.3 is 5.97 Å². The molecular weight excluding hydrogens is 580 g/mol. The van der Waals surface area contributed by atoms with Crippen LogP contribution in [0.25, 0.3) is 0 Å². The van der Waals surface area contributed by atoms with E-state index in [-0.39, 0.29) is 19.2 Å². The summed E-state index contributed by atoms with van der Waals surface area (Å²) >= 11 is 0. The molecule has 0 radical (unpaired) electrons. The summed E-state index contributed by atoms with van der Waals surface area (Å²) in [5.74, 6) is -0.233. The van der Waals surface area contributed by atoms with Crippen molar-refractivity contribution in [1.29, 1.82) is 0 Å². The first-order chi connectivity index (χ1) is 23.2. The monoisotopic (exact) mass is 651 g/mol. The molecule has 0 aliphatic heterocycles. The van der Waals surface area contributed by atoms with E-state index in [0.717, 1.165) is 96.3 Å². The molecule has 0 saturated heterocycles. The van der Waals surface area contributed by atoms with Crippen LogP contribution in [0.3, 0.4) is 0 Å². The molecule has 47 heavy (non-hydrogen) atoms. The van der Waals surface area contributed by atoms with Gasteiger partial charge in [-0.3, -0.25) is 4.79 Å². The Morgan fingerprint density at radius 1 is 0.511 bits per heavy atom. The Morgan fingerprint density at radius 2 is 0.894 bits per heavy atom. The molecule has 0 heterocycles. The third-order valence-electron chi connectivity index (χ3n) is 7.40. The number of aliphatic hydroxyl groups is 1. The summed E-state index contributed by atoms with van der Waals surface area (Å²) in [6.07, 6.45) is 55.9. The molecule has 266 valence electrons. The second-order valence-corrected chi connectivity index (χ2v) is 11.9. The van der Waals surface area contributed by atoms with E-state index >= 15 is 0 Å². The lowest BCUT2D eigenvalue weighted by molar-refractivity contribution is -0.154. The predicted molar refractivity (Wildman–Crippen MR) is 205 cm³/mol. The third-order valence-corrected chi connectivity index (χ3v) is 7.40. The number of esters is 1. The van der Waals surface area contributed by atoms with Crippen molar-refractivity contribution in [2.24, 2.45) is 0 Å². The molecule has 0 aliphatic carbocycles. The van der Waals surface area contributed by atoms with Gasteiger partial charge in [0.1, 0.15) is 6.10 Å². The van der Waals surface area contributed by atoms with Gasteiger partial charge in [0, 0.05) is 13.0 Å². The van der Waals surface area contributed by atoms with Crippen molar-refractivity contribution in [3.8, 4) is 0 Å². The van der Waals surface area contributed by atoms with Crippen LogP contribution in [-0.4, -0.2) is 37.0 Å². The highest BCUT2D eigenvalue weighted by Crippen LogP contribution is 2.10. The molecular formula is C43H70O4. The van der Waals surface area contributed by atoms with Gasteiger partial charge in [-0.25, -0.2) is 0 Å². The molecule has 4 nitrogen and oxygen atoms in total. The van der Waals surface area contributed by atoms with Gasteiger partial charge in [0.05, 0.1) is 13.2 Å². The van der Waals surface area contributed by atoms with Gasteiger partial charge in [-0.1, -0.05) is 143 Å². The van der Waals surface area contributed by atoms with Gasteiger partial charge in [0.2, 0.25) is 0 Å². The van der Waals surface area contributed by atoms with E-state index in [0.29, 0.717) is 13.0 Å². The molecule has 0 amide bonds. The van der Waals surface area contributed by atoms with Crippen LogP contribution < -0.4 is 0 Å². The number of ether oxygens (including phenoxy) is 2. The average molecular weight is 651 g/mol. The fraction of sp³-hybridized carbons (Fsp3) is 0.605. The number of rotatable bonds is 33. The Bertz CT molecular complexity index is 903. The summed E-state index contributed by atoms with van der Waals surface area (Å²) in [5, 5.41) is 9.56. The molecule has 0 spiro atoms. The molecule has 0 saturated carbocycles. The first-order valence-electron chi connectivity index (χ1n) is 18.8. The number of hydrogen-bond acceptors (Lipinski definition) is 4. The summed E-state index contributed by atoms with van der Waals surface area (Å²) in [7, 11) is 0. The minimum Gasteiger partial charge on any atom is -0.457 e. The zero-order valence-electron chi connectivity index (χ0n) is 30.3. The van der Waals surface area contributed by atoms with Gasteiger partial charge in [0.15, 0.2) is 0 Å². The number of carbonyl (C=O) groups excluding carboxylic acids is 1. The largest absolute Gasteiger partial charge is 0.457 e. The van der Waals surface area contributed by atoms with E-state index in [4.69, 9.17) is 9.47 Å². The molecule has 0 aliphatic rings. The number of allylic oxidation sites excluding steroid dienone is 16. The predicted octanol–water partition coefficient (Wildman–Crippen LogP) is 12.2.